The van der Waals surface area contributed by atoms with Crippen molar-refractivity contribution in [1.82, 2.24) is 9.78 Å². The van der Waals surface area contributed by atoms with E-state index in [2.05, 4.69) is 5.10 Å². The summed E-state index contributed by atoms with van der Waals surface area (Å²) in [6.07, 6.45) is -3.40. The third kappa shape index (κ3) is 2.73. The van der Waals surface area contributed by atoms with E-state index in [9.17, 15) is 22.4 Å². The first-order valence-corrected chi connectivity index (χ1v) is 7.33. The number of carbonyl (C=O) groups excluding carboxylic acids is 1. The van der Waals surface area contributed by atoms with E-state index >= 15 is 0 Å². The number of alkyl halides is 4. The van der Waals surface area contributed by atoms with Crippen LogP contribution in [0, 0.1) is 11.3 Å². The average molecular weight is 352 g/mol. The Morgan fingerprint density at radius 2 is 2.12 bits per heavy atom. The molecule has 25 heavy (non-hydrogen) atoms. The summed E-state index contributed by atoms with van der Waals surface area (Å²) in [4.78, 5) is 13.9. The Bertz CT molecular complexity index is 881. The van der Waals surface area contributed by atoms with Gasteiger partial charge in [-0.15, -0.1) is 0 Å². The van der Waals surface area contributed by atoms with Crippen LogP contribution >= 0.6 is 0 Å². The minimum atomic E-state index is -4.67. The number of nitrogens with zero attached hydrogens (tertiary/aromatic N) is 4. The van der Waals surface area contributed by atoms with Crippen LogP contribution in [0.2, 0.25) is 0 Å². The second-order valence-corrected chi connectivity index (χ2v) is 5.70. The Morgan fingerprint density at radius 1 is 1.40 bits per heavy atom. The zero-order chi connectivity index (χ0) is 18.4. The molecule has 0 N–H and O–H groups in total. The van der Waals surface area contributed by atoms with Crippen LogP contribution in [0.15, 0.2) is 24.4 Å². The molecule has 1 aliphatic heterocycles. The number of nitriles is 1. The van der Waals surface area contributed by atoms with Crippen molar-refractivity contribution in [3.8, 4) is 6.07 Å². The summed E-state index contributed by atoms with van der Waals surface area (Å²) in [7, 11) is 0. The molecule has 0 saturated heterocycles. The lowest BCUT2D eigenvalue weighted by Gasteiger charge is -2.32. The van der Waals surface area contributed by atoms with E-state index in [1.807, 2.05) is 6.07 Å². The fraction of sp³-hybridized carbons (Fsp3) is 0.312. The number of aromatic nitrogens is 2. The Hall–Kier alpha value is -2.89. The van der Waals surface area contributed by atoms with Crippen molar-refractivity contribution in [3.63, 3.8) is 0 Å². The number of carbonyl (C=O) groups is 1. The Kier molecular flexibility index (Phi) is 3.99. The van der Waals surface area contributed by atoms with Crippen molar-refractivity contribution in [2.45, 2.75) is 25.8 Å². The monoisotopic (exact) mass is 352 g/mol. The molecule has 0 fully saturated rings. The van der Waals surface area contributed by atoms with Crippen LogP contribution < -0.4 is 4.90 Å². The van der Waals surface area contributed by atoms with E-state index in [4.69, 9.17) is 5.26 Å². The highest BCUT2D eigenvalue weighted by atomic mass is 19.4. The Labute approximate surface area is 140 Å². The van der Waals surface area contributed by atoms with Gasteiger partial charge in [-0.3, -0.25) is 9.48 Å². The summed E-state index contributed by atoms with van der Waals surface area (Å²) in [5.41, 5.74) is -1.31. The SMILES string of the molecule is C[C@H]1CN(c2ccc(C(F)(F)F)c(CF)c2)C(=O)c2c(C#N)cnn21. The maximum atomic E-state index is 13.1. The molecule has 9 heteroatoms. The molecule has 5 nitrogen and oxygen atoms in total. The van der Waals surface area contributed by atoms with Gasteiger partial charge in [0, 0.05) is 12.2 Å². The first-order valence-electron chi connectivity index (χ1n) is 7.33. The predicted molar refractivity (Wildman–Crippen MR) is 79.6 cm³/mol. The third-order valence-electron chi connectivity index (χ3n) is 4.08. The smallest absolute Gasteiger partial charge is 0.305 e. The molecule has 1 aromatic carbocycles. The second kappa shape index (κ2) is 5.88. The molecule has 0 bridgehead atoms. The van der Waals surface area contributed by atoms with Gasteiger partial charge in [-0.1, -0.05) is 0 Å². The molecule has 0 spiro atoms. The number of hydrogen-bond donors (Lipinski definition) is 0. The van der Waals surface area contributed by atoms with Gasteiger partial charge in [0.25, 0.3) is 5.91 Å². The molecule has 1 aliphatic rings. The number of fused-ring (bicyclic) bond motifs is 1. The topological polar surface area (TPSA) is 61.9 Å². The molecule has 0 aliphatic carbocycles. The zero-order valence-corrected chi connectivity index (χ0v) is 13.0. The van der Waals surface area contributed by atoms with Crippen LogP contribution in [0.25, 0.3) is 0 Å². The van der Waals surface area contributed by atoms with E-state index in [0.29, 0.717) is 0 Å². The lowest BCUT2D eigenvalue weighted by atomic mass is 10.0. The van der Waals surface area contributed by atoms with E-state index in [-0.39, 0.29) is 29.5 Å². The molecule has 2 aromatic rings. The fourth-order valence-electron chi connectivity index (χ4n) is 2.90. The third-order valence-corrected chi connectivity index (χ3v) is 4.08. The summed E-state index contributed by atoms with van der Waals surface area (Å²) < 4.78 is 53.2. The number of hydrogen-bond acceptors (Lipinski definition) is 3. The van der Waals surface area contributed by atoms with E-state index in [0.717, 1.165) is 18.2 Å². The minimum Gasteiger partial charge on any atom is -0.305 e. The summed E-state index contributed by atoms with van der Waals surface area (Å²) in [6, 6.07) is 4.50. The van der Waals surface area contributed by atoms with Gasteiger partial charge in [-0.25, -0.2) is 4.39 Å². The highest BCUT2D eigenvalue weighted by Gasteiger charge is 2.36. The number of anilines is 1. The van der Waals surface area contributed by atoms with Gasteiger partial charge in [0.2, 0.25) is 0 Å². The number of halogens is 4. The van der Waals surface area contributed by atoms with Gasteiger partial charge in [-0.05, 0) is 30.7 Å². The van der Waals surface area contributed by atoms with E-state index in [1.165, 1.54) is 15.8 Å². The standard InChI is InChI=1S/C16H12F4N4O/c1-9-8-23(15(25)14-11(6-21)7-22-24(9)14)12-2-3-13(16(18,19)20)10(4-12)5-17/h2-4,7,9H,5,8H2,1H3/t9-/m0/s1. The molecule has 1 atom stereocenters. The molecule has 0 unspecified atom stereocenters. The molecule has 130 valence electrons. The van der Waals surface area contributed by atoms with Gasteiger partial charge < -0.3 is 4.90 Å². The number of rotatable bonds is 2. The highest BCUT2D eigenvalue weighted by molar-refractivity contribution is 6.07. The van der Waals surface area contributed by atoms with Crippen LogP contribution in [0.1, 0.15) is 40.1 Å². The second-order valence-electron chi connectivity index (χ2n) is 5.70. The van der Waals surface area contributed by atoms with Crippen molar-refractivity contribution in [2.24, 2.45) is 0 Å². The first-order chi connectivity index (χ1) is 11.8. The Morgan fingerprint density at radius 3 is 2.72 bits per heavy atom. The molecule has 1 amide bonds. The normalized spacial score (nSPS) is 17.4. The molecule has 0 radical (unpaired) electrons. The lowest BCUT2D eigenvalue weighted by molar-refractivity contribution is -0.138. The number of benzene rings is 1. The molecular formula is C16H12F4N4O. The quantitative estimate of drug-likeness (QED) is 0.778. The van der Waals surface area contributed by atoms with Crippen molar-refractivity contribution in [2.75, 3.05) is 11.4 Å². The van der Waals surface area contributed by atoms with Crippen LogP contribution in [0.5, 0.6) is 0 Å². The van der Waals surface area contributed by atoms with Crippen LogP contribution in [-0.2, 0) is 12.9 Å². The highest BCUT2D eigenvalue weighted by Crippen LogP contribution is 2.36. The molecule has 0 saturated carbocycles. The van der Waals surface area contributed by atoms with E-state index < -0.39 is 29.9 Å². The van der Waals surface area contributed by atoms with Gasteiger partial charge in [0.05, 0.1) is 17.8 Å². The molecule has 1 aromatic heterocycles. The van der Waals surface area contributed by atoms with E-state index in [1.54, 1.807) is 6.92 Å². The van der Waals surface area contributed by atoms with Crippen molar-refractivity contribution in [1.29, 1.82) is 5.26 Å². The molecular weight excluding hydrogens is 340 g/mol. The maximum absolute atomic E-state index is 13.1. The van der Waals surface area contributed by atoms with Crippen molar-refractivity contribution in [3.05, 3.63) is 46.8 Å². The summed E-state index contributed by atoms with van der Waals surface area (Å²) in [5, 5.41) is 13.1. The minimum absolute atomic E-state index is 0.0722. The van der Waals surface area contributed by atoms with Crippen LogP contribution in [-0.4, -0.2) is 22.2 Å². The van der Waals surface area contributed by atoms with Crippen molar-refractivity contribution < 1.29 is 22.4 Å². The summed E-state index contributed by atoms with van der Waals surface area (Å²) in [5.74, 6) is -0.559. The van der Waals surface area contributed by atoms with Crippen LogP contribution in [0.4, 0.5) is 23.2 Å². The van der Waals surface area contributed by atoms with Crippen molar-refractivity contribution >= 4 is 11.6 Å². The average Bonchev–Trinajstić information content (AvgIpc) is 3.01. The summed E-state index contributed by atoms with van der Waals surface area (Å²) >= 11 is 0. The van der Waals surface area contributed by atoms with Gasteiger partial charge in [-0.2, -0.15) is 23.5 Å². The molecule has 3 rings (SSSR count). The summed E-state index contributed by atoms with van der Waals surface area (Å²) in [6.45, 7) is 0.606. The predicted octanol–water partition coefficient (Wildman–Crippen LogP) is 3.46. The van der Waals surface area contributed by atoms with Gasteiger partial charge in [0.1, 0.15) is 24.0 Å². The van der Waals surface area contributed by atoms with Gasteiger partial charge >= 0.3 is 6.18 Å². The lowest BCUT2D eigenvalue weighted by Crippen LogP contribution is -2.43. The maximum Gasteiger partial charge on any atom is 0.416 e. The zero-order valence-electron chi connectivity index (χ0n) is 13.0. The largest absolute Gasteiger partial charge is 0.416 e. The Balaban J connectivity index is 2.06. The number of amides is 1. The fourth-order valence-corrected chi connectivity index (χ4v) is 2.90. The van der Waals surface area contributed by atoms with Crippen LogP contribution in [0.3, 0.4) is 0 Å². The molecule has 2 heterocycles. The first kappa shape index (κ1) is 17.0. The van der Waals surface area contributed by atoms with Gasteiger partial charge in [0.15, 0.2) is 0 Å².